The highest BCUT2D eigenvalue weighted by Gasteiger charge is 2.30. The van der Waals surface area contributed by atoms with Crippen molar-refractivity contribution in [3.8, 4) is 0 Å². The topological polar surface area (TPSA) is 114 Å². The Bertz CT molecular complexity index is 1180. The molecule has 3 N–H and O–H groups in total. The van der Waals surface area contributed by atoms with Crippen molar-refractivity contribution in [1.29, 1.82) is 0 Å². The van der Waals surface area contributed by atoms with Crippen molar-refractivity contribution in [2.45, 2.75) is 72.8 Å². The summed E-state index contributed by atoms with van der Waals surface area (Å²) < 4.78 is 5.29. The van der Waals surface area contributed by atoms with Crippen LogP contribution < -0.4 is 16.0 Å². The number of rotatable bonds is 9. The zero-order chi connectivity index (χ0) is 28.0. The highest BCUT2D eigenvalue weighted by Crippen LogP contribution is 2.38. The van der Waals surface area contributed by atoms with Crippen molar-refractivity contribution in [3.05, 3.63) is 45.3 Å². The van der Waals surface area contributed by atoms with Crippen molar-refractivity contribution in [1.82, 2.24) is 5.32 Å². The van der Waals surface area contributed by atoms with Gasteiger partial charge in [0.15, 0.2) is 6.61 Å². The number of benzene rings is 1. The number of nitrogens with one attached hydrogen (secondary N) is 3. The zero-order valence-electron chi connectivity index (χ0n) is 22.5. The van der Waals surface area contributed by atoms with E-state index >= 15 is 0 Å². The number of ether oxygens (including phenoxy) is 1. The summed E-state index contributed by atoms with van der Waals surface area (Å²) in [4.78, 5) is 52.4. The molecule has 0 radical (unpaired) electrons. The van der Waals surface area contributed by atoms with E-state index in [1.807, 2.05) is 13.8 Å². The molecule has 0 spiro atoms. The molecule has 1 aromatic carbocycles. The molecular formula is C28H36ClN3O5S. The molecule has 0 fully saturated rings. The Labute approximate surface area is 232 Å². The normalized spacial score (nSPS) is 13.9. The first-order valence-electron chi connectivity index (χ1n) is 12.8. The van der Waals surface area contributed by atoms with Crippen LogP contribution in [0.3, 0.4) is 0 Å². The maximum absolute atomic E-state index is 13.3. The Hall–Kier alpha value is -2.91. The van der Waals surface area contributed by atoms with E-state index in [2.05, 4.69) is 16.0 Å². The second kappa shape index (κ2) is 12.8. The molecule has 8 nitrogen and oxygen atoms in total. The van der Waals surface area contributed by atoms with Crippen molar-refractivity contribution in [2.75, 3.05) is 17.2 Å². The standard InChI is InChI=1S/C28H36ClN3O5S/c1-16(2)14-20(31-27(36)28(3,4)5)26(35)37-15-22(33)32-25-23(19-8-6-7-9-21(19)38-25)24(34)30-18-12-10-17(29)11-13-18/h10-13,16,20H,6-9,14-15H2,1-5H3,(H,30,34)(H,31,36)(H,32,33)/t20-/m0/s1. The summed E-state index contributed by atoms with van der Waals surface area (Å²) in [6, 6.07) is 5.94. The number of hydrogen-bond acceptors (Lipinski definition) is 6. The van der Waals surface area contributed by atoms with Crippen LogP contribution in [0.2, 0.25) is 5.02 Å². The minimum Gasteiger partial charge on any atom is -0.454 e. The predicted octanol–water partition coefficient (Wildman–Crippen LogP) is 5.59. The maximum Gasteiger partial charge on any atom is 0.329 e. The van der Waals surface area contributed by atoms with Crippen LogP contribution in [0.15, 0.2) is 24.3 Å². The van der Waals surface area contributed by atoms with Gasteiger partial charge in [-0.2, -0.15) is 0 Å². The van der Waals surface area contributed by atoms with Crippen molar-refractivity contribution in [3.63, 3.8) is 0 Å². The molecule has 1 aliphatic rings. The Balaban J connectivity index is 1.70. The summed E-state index contributed by atoms with van der Waals surface area (Å²) in [6.45, 7) is 8.62. The molecule has 1 aliphatic carbocycles. The van der Waals surface area contributed by atoms with Crippen LogP contribution in [0.5, 0.6) is 0 Å². The number of anilines is 2. The van der Waals surface area contributed by atoms with Crippen LogP contribution >= 0.6 is 22.9 Å². The molecule has 206 valence electrons. The van der Waals surface area contributed by atoms with Crippen molar-refractivity contribution < 1.29 is 23.9 Å². The molecule has 3 rings (SSSR count). The smallest absolute Gasteiger partial charge is 0.329 e. The largest absolute Gasteiger partial charge is 0.454 e. The van der Waals surface area contributed by atoms with Gasteiger partial charge in [0.2, 0.25) is 5.91 Å². The van der Waals surface area contributed by atoms with Gasteiger partial charge in [0.25, 0.3) is 11.8 Å². The summed E-state index contributed by atoms with van der Waals surface area (Å²) in [7, 11) is 0. The highest BCUT2D eigenvalue weighted by molar-refractivity contribution is 7.17. The summed E-state index contributed by atoms with van der Waals surface area (Å²) in [5.41, 5.74) is 1.31. The van der Waals surface area contributed by atoms with Gasteiger partial charge in [-0.1, -0.05) is 46.2 Å². The first-order chi connectivity index (χ1) is 17.8. The third-order valence-corrected chi connectivity index (χ3v) is 7.54. The van der Waals surface area contributed by atoms with Crippen LogP contribution in [0, 0.1) is 11.3 Å². The monoisotopic (exact) mass is 561 g/mol. The Morgan fingerprint density at radius 1 is 1.03 bits per heavy atom. The molecule has 0 unspecified atom stereocenters. The van der Waals surface area contributed by atoms with Gasteiger partial charge in [0.05, 0.1) is 5.56 Å². The molecule has 0 aliphatic heterocycles. The molecule has 1 aromatic heterocycles. The van der Waals surface area contributed by atoms with E-state index in [9.17, 15) is 19.2 Å². The number of hydrogen-bond donors (Lipinski definition) is 3. The third kappa shape index (κ3) is 8.04. The van der Waals surface area contributed by atoms with Gasteiger partial charge in [0, 0.05) is 21.0 Å². The minimum absolute atomic E-state index is 0.126. The Morgan fingerprint density at radius 3 is 2.32 bits per heavy atom. The minimum atomic E-state index is -0.857. The maximum atomic E-state index is 13.3. The molecular weight excluding hydrogens is 526 g/mol. The van der Waals surface area contributed by atoms with Gasteiger partial charge in [-0.05, 0) is 67.9 Å². The second-order valence-corrected chi connectivity index (χ2v) is 12.5. The molecule has 3 amide bonds. The molecule has 0 saturated heterocycles. The van der Waals surface area contributed by atoms with Crippen molar-refractivity contribution in [2.24, 2.45) is 11.3 Å². The number of fused-ring (bicyclic) bond motifs is 1. The van der Waals surface area contributed by atoms with Gasteiger partial charge in [-0.25, -0.2) is 4.79 Å². The van der Waals surface area contributed by atoms with E-state index in [0.29, 0.717) is 27.7 Å². The number of carbonyl (C=O) groups excluding carboxylic acids is 4. The van der Waals surface area contributed by atoms with Crippen LogP contribution in [0.25, 0.3) is 0 Å². The summed E-state index contributed by atoms with van der Waals surface area (Å²) in [6.07, 6.45) is 3.97. The number of esters is 1. The average molecular weight is 562 g/mol. The highest BCUT2D eigenvalue weighted by atomic mass is 35.5. The van der Waals surface area contributed by atoms with Gasteiger partial charge < -0.3 is 20.7 Å². The first-order valence-corrected chi connectivity index (χ1v) is 14.0. The number of thiophene rings is 1. The molecule has 1 heterocycles. The number of halogens is 1. The van der Waals surface area contributed by atoms with E-state index in [0.717, 1.165) is 36.1 Å². The van der Waals surface area contributed by atoms with E-state index in [1.165, 1.54) is 11.3 Å². The SMILES string of the molecule is CC(C)C[C@H](NC(=O)C(C)(C)C)C(=O)OCC(=O)Nc1sc2c(c1C(=O)Nc1ccc(Cl)cc1)CCCC2. The third-order valence-electron chi connectivity index (χ3n) is 6.08. The van der Waals surface area contributed by atoms with Crippen LogP contribution in [-0.4, -0.2) is 36.3 Å². The molecule has 1 atom stereocenters. The average Bonchev–Trinajstić information content (AvgIpc) is 3.20. The van der Waals surface area contributed by atoms with E-state index in [-0.39, 0.29) is 17.7 Å². The van der Waals surface area contributed by atoms with Crippen LogP contribution in [0.1, 0.15) is 74.7 Å². The number of carbonyl (C=O) groups is 4. The lowest BCUT2D eigenvalue weighted by atomic mass is 9.94. The zero-order valence-corrected chi connectivity index (χ0v) is 24.1. The molecule has 2 aromatic rings. The van der Waals surface area contributed by atoms with E-state index in [1.54, 1.807) is 45.0 Å². The lowest BCUT2D eigenvalue weighted by Gasteiger charge is -2.24. The first kappa shape index (κ1) is 29.6. The summed E-state index contributed by atoms with van der Waals surface area (Å²) in [5.74, 6) is -1.69. The number of amides is 3. The van der Waals surface area contributed by atoms with Gasteiger partial charge >= 0.3 is 5.97 Å². The molecule has 0 bridgehead atoms. The predicted molar refractivity (Wildman–Crippen MR) is 151 cm³/mol. The quantitative estimate of drug-likeness (QED) is 0.345. The molecule has 38 heavy (non-hydrogen) atoms. The van der Waals surface area contributed by atoms with E-state index in [4.69, 9.17) is 16.3 Å². The summed E-state index contributed by atoms with van der Waals surface area (Å²) in [5, 5.41) is 9.40. The Kier molecular flexibility index (Phi) is 9.95. The Morgan fingerprint density at radius 2 is 1.68 bits per heavy atom. The fourth-order valence-corrected chi connectivity index (χ4v) is 5.51. The van der Waals surface area contributed by atoms with E-state index < -0.39 is 29.9 Å². The lowest BCUT2D eigenvalue weighted by molar-refractivity contribution is -0.151. The van der Waals surface area contributed by atoms with Crippen molar-refractivity contribution >= 4 is 57.3 Å². The van der Waals surface area contributed by atoms with Gasteiger partial charge in [-0.3, -0.25) is 14.4 Å². The lowest BCUT2D eigenvalue weighted by Crippen LogP contribution is -2.47. The fourth-order valence-electron chi connectivity index (χ4n) is 4.08. The van der Waals surface area contributed by atoms with Crippen LogP contribution in [0.4, 0.5) is 10.7 Å². The van der Waals surface area contributed by atoms with Gasteiger partial charge in [0.1, 0.15) is 11.0 Å². The van der Waals surface area contributed by atoms with Gasteiger partial charge in [-0.15, -0.1) is 11.3 Å². The fraction of sp³-hybridized carbons (Fsp3) is 0.500. The number of aryl methyl sites for hydroxylation is 1. The summed E-state index contributed by atoms with van der Waals surface area (Å²) >= 11 is 7.33. The van der Waals surface area contributed by atoms with Crippen LogP contribution in [-0.2, 0) is 32.0 Å². The molecule has 0 saturated carbocycles. The second-order valence-electron chi connectivity index (χ2n) is 10.9. The molecule has 10 heteroatoms.